The molecule has 0 heterocycles. The number of amides is 1. The van der Waals surface area contributed by atoms with Gasteiger partial charge in [0.25, 0.3) is 5.91 Å². The zero-order valence-corrected chi connectivity index (χ0v) is 13.7. The number of nitrogens with zero attached hydrogens (tertiary/aromatic N) is 1. The SMILES string of the molecule is Cc1ccc(NC(=O)C(C#N)=Cc2ccc(OC(F)F)cc2)c(C)c1. The van der Waals surface area contributed by atoms with E-state index in [0.717, 1.165) is 11.1 Å². The molecule has 0 aliphatic heterocycles. The summed E-state index contributed by atoms with van der Waals surface area (Å²) in [5.74, 6) is -0.534. The first kappa shape index (κ1) is 18.1. The Morgan fingerprint density at radius 1 is 1.20 bits per heavy atom. The first-order valence-corrected chi connectivity index (χ1v) is 7.44. The Bertz CT molecular complexity index is 837. The van der Waals surface area contributed by atoms with Crippen LogP contribution in [0.4, 0.5) is 14.5 Å². The number of carbonyl (C=O) groups is 1. The van der Waals surface area contributed by atoms with Gasteiger partial charge in [0.15, 0.2) is 0 Å². The van der Waals surface area contributed by atoms with Gasteiger partial charge in [-0.3, -0.25) is 4.79 Å². The van der Waals surface area contributed by atoms with E-state index in [0.29, 0.717) is 11.3 Å². The molecule has 0 aliphatic rings. The first-order chi connectivity index (χ1) is 11.9. The lowest BCUT2D eigenvalue weighted by molar-refractivity contribution is -0.112. The van der Waals surface area contributed by atoms with Crippen LogP contribution in [-0.4, -0.2) is 12.5 Å². The first-order valence-electron chi connectivity index (χ1n) is 7.44. The molecule has 1 amide bonds. The van der Waals surface area contributed by atoms with Crippen LogP contribution in [0.15, 0.2) is 48.0 Å². The number of hydrogen-bond donors (Lipinski definition) is 1. The maximum atomic E-state index is 12.3. The third kappa shape index (κ3) is 5.15. The molecule has 0 radical (unpaired) electrons. The number of nitrogens with one attached hydrogen (secondary N) is 1. The second-order valence-electron chi connectivity index (χ2n) is 5.39. The second kappa shape index (κ2) is 8.06. The number of rotatable bonds is 5. The van der Waals surface area contributed by atoms with E-state index in [1.165, 1.54) is 30.3 Å². The van der Waals surface area contributed by atoms with Crippen molar-refractivity contribution in [1.82, 2.24) is 0 Å². The molecule has 25 heavy (non-hydrogen) atoms. The summed E-state index contributed by atoms with van der Waals surface area (Å²) in [5, 5.41) is 11.9. The summed E-state index contributed by atoms with van der Waals surface area (Å²) in [6, 6.07) is 13.1. The minimum atomic E-state index is -2.90. The third-order valence-electron chi connectivity index (χ3n) is 3.41. The van der Waals surface area contributed by atoms with Gasteiger partial charge in [-0.25, -0.2) is 0 Å². The van der Waals surface area contributed by atoms with Crippen LogP contribution in [0, 0.1) is 25.2 Å². The van der Waals surface area contributed by atoms with Crippen molar-refractivity contribution in [3.05, 3.63) is 64.7 Å². The van der Waals surface area contributed by atoms with Crippen LogP contribution in [-0.2, 0) is 4.79 Å². The Morgan fingerprint density at radius 2 is 1.88 bits per heavy atom. The fourth-order valence-electron chi connectivity index (χ4n) is 2.20. The van der Waals surface area contributed by atoms with Crippen molar-refractivity contribution in [2.24, 2.45) is 0 Å². The standard InChI is InChI=1S/C19H16F2N2O2/c1-12-3-8-17(13(2)9-12)23-18(24)15(11-22)10-14-4-6-16(7-5-14)25-19(20)21/h3-10,19H,1-2H3,(H,23,24). The fourth-order valence-corrected chi connectivity index (χ4v) is 2.20. The van der Waals surface area contributed by atoms with Gasteiger partial charge in [0.2, 0.25) is 0 Å². The number of hydrogen-bond acceptors (Lipinski definition) is 3. The van der Waals surface area contributed by atoms with E-state index in [1.54, 1.807) is 6.07 Å². The van der Waals surface area contributed by atoms with Crippen molar-refractivity contribution in [3.63, 3.8) is 0 Å². The van der Waals surface area contributed by atoms with E-state index in [1.807, 2.05) is 32.0 Å². The lowest BCUT2D eigenvalue weighted by atomic mass is 10.1. The molecule has 0 bridgehead atoms. The van der Waals surface area contributed by atoms with Crippen LogP contribution < -0.4 is 10.1 Å². The van der Waals surface area contributed by atoms with E-state index in [4.69, 9.17) is 0 Å². The van der Waals surface area contributed by atoms with Crippen molar-refractivity contribution < 1.29 is 18.3 Å². The molecule has 6 heteroatoms. The van der Waals surface area contributed by atoms with Gasteiger partial charge in [0.05, 0.1) is 0 Å². The Balaban J connectivity index is 2.16. The van der Waals surface area contributed by atoms with Crippen molar-refractivity contribution in [3.8, 4) is 11.8 Å². The summed E-state index contributed by atoms with van der Waals surface area (Å²) in [6.07, 6.45) is 1.38. The zero-order chi connectivity index (χ0) is 18.4. The van der Waals surface area contributed by atoms with E-state index in [2.05, 4.69) is 10.1 Å². The van der Waals surface area contributed by atoms with Crippen LogP contribution in [0.3, 0.4) is 0 Å². The monoisotopic (exact) mass is 342 g/mol. The topological polar surface area (TPSA) is 62.1 Å². The summed E-state index contributed by atoms with van der Waals surface area (Å²) >= 11 is 0. The lowest BCUT2D eigenvalue weighted by Gasteiger charge is -2.08. The Kier molecular flexibility index (Phi) is 5.85. The van der Waals surface area contributed by atoms with Gasteiger partial charge in [0, 0.05) is 5.69 Å². The highest BCUT2D eigenvalue weighted by Crippen LogP contribution is 2.19. The second-order valence-corrected chi connectivity index (χ2v) is 5.39. The Morgan fingerprint density at radius 3 is 2.44 bits per heavy atom. The van der Waals surface area contributed by atoms with Gasteiger partial charge in [-0.05, 0) is 49.2 Å². The number of alkyl halides is 2. The highest BCUT2D eigenvalue weighted by Gasteiger charge is 2.11. The molecular formula is C19H16F2N2O2. The highest BCUT2D eigenvalue weighted by atomic mass is 19.3. The molecule has 1 N–H and O–H groups in total. The van der Waals surface area contributed by atoms with Gasteiger partial charge < -0.3 is 10.1 Å². The summed E-state index contributed by atoms with van der Waals surface area (Å²) in [4.78, 5) is 12.3. The molecule has 2 rings (SSSR count). The molecule has 0 saturated heterocycles. The van der Waals surface area contributed by atoms with Crippen molar-refractivity contribution in [2.45, 2.75) is 20.5 Å². The summed E-state index contributed by atoms with van der Waals surface area (Å²) < 4.78 is 28.5. The Labute approximate surface area is 144 Å². The molecule has 2 aromatic carbocycles. The van der Waals surface area contributed by atoms with Crippen LogP contribution in [0.2, 0.25) is 0 Å². The van der Waals surface area contributed by atoms with Crippen molar-refractivity contribution >= 4 is 17.7 Å². The summed E-state index contributed by atoms with van der Waals surface area (Å²) in [6.45, 7) is 0.903. The molecule has 2 aromatic rings. The minimum absolute atomic E-state index is 0.00499. The molecule has 0 unspecified atom stereocenters. The maximum absolute atomic E-state index is 12.3. The smallest absolute Gasteiger partial charge is 0.387 e. The lowest BCUT2D eigenvalue weighted by Crippen LogP contribution is -2.14. The summed E-state index contributed by atoms with van der Waals surface area (Å²) in [5.41, 5.74) is 3.01. The number of halogens is 2. The van der Waals surface area contributed by atoms with Gasteiger partial charge >= 0.3 is 6.61 Å². The predicted molar refractivity (Wildman–Crippen MR) is 91.2 cm³/mol. The molecule has 0 aliphatic carbocycles. The largest absolute Gasteiger partial charge is 0.435 e. The average molecular weight is 342 g/mol. The fraction of sp³-hybridized carbons (Fsp3) is 0.158. The zero-order valence-electron chi connectivity index (χ0n) is 13.7. The van der Waals surface area contributed by atoms with E-state index >= 15 is 0 Å². The quantitative estimate of drug-likeness (QED) is 0.645. The normalized spacial score (nSPS) is 11.1. The predicted octanol–water partition coefficient (Wildman–Crippen LogP) is 4.45. The molecule has 128 valence electrons. The average Bonchev–Trinajstić information content (AvgIpc) is 2.56. The number of ether oxygens (including phenoxy) is 1. The molecule has 0 atom stereocenters. The van der Waals surface area contributed by atoms with Crippen LogP contribution in [0.5, 0.6) is 5.75 Å². The van der Waals surface area contributed by atoms with Crippen molar-refractivity contribution in [1.29, 1.82) is 5.26 Å². The molecule has 4 nitrogen and oxygen atoms in total. The minimum Gasteiger partial charge on any atom is -0.435 e. The van der Waals surface area contributed by atoms with E-state index in [9.17, 15) is 18.8 Å². The molecule has 0 aromatic heterocycles. The van der Waals surface area contributed by atoms with Gasteiger partial charge in [-0.2, -0.15) is 14.0 Å². The number of benzene rings is 2. The molecule has 0 spiro atoms. The van der Waals surface area contributed by atoms with Crippen LogP contribution in [0.1, 0.15) is 16.7 Å². The molecule has 0 saturated carbocycles. The van der Waals surface area contributed by atoms with Crippen molar-refractivity contribution in [2.75, 3.05) is 5.32 Å². The Hall–Kier alpha value is -3.20. The highest BCUT2D eigenvalue weighted by molar-refractivity contribution is 6.09. The number of aryl methyl sites for hydroxylation is 2. The van der Waals surface area contributed by atoms with Gasteiger partial charge in [-0.15, -0.1) is 0 Å². The van der Waals surface area contributed by atoms with Crippen LogP contribution >= 0.6 is 0 Å². The van der Waals surface area contributed by atoms with E-state index < -0.39 is 12.5 Å². The van der Waals surface area contributed by atoms with Gasteiger partial charge in [-0.1, -0.05) is 29.8 Å². The number of anilines is 1. The molecule has 0 fully saturated rings. The third-order valence-corrected chi connectivity index (χ3v) is 3.41. The summed E-state index contributed by atoms with van der Waals surface area (Å²) in [7, 11) is 0. The van der Waals surface area contributed by atoms with Crippen LogP contribution in [0.25, 0.3) is 6.08 Å². The maximum Gasteiger partial charge on any atom is 0.387 e. The number of carbonyl (C=O) groups excluding carboxylic acids is 1. The molecular weight excluding hydrogens is 326 g/mol. The van der Waals surface area contributed by atoms with Gasteiger partial charge in [0.1, 0.15) is 17.4 Å². The number of nitriles is 1. The van der Waals surface area contributed by atoms with E-state index in [-0.39, 0.29) is 11.3 Å².